The number of alkyl halides is 3. The van der Waals surface area contributed by atoms with Crippen LogP contribution in [0, 0.1) is 11.3 Å². The normalized spacial score (nSPS) is 16.7. The maximum atomic E-state index is 13.3. The van der Waals surface area contributed by atoms with E-state index in [0.29, 0.717) is 11.3 Å². The molecule has 2 aromatic carbocycles. The van der Waals surface area contributed by atoms with Crippen molar-refractivity contribution in [3.63, 3.8) is 0 Å². The van der Waals surface area contributed by atoms with Crippen LogP contribution < -0.4 is 4.90 Å². The summed E-state index contributed by atoms with van der Waals surface area (Å²) in [6.45, 7) is 4.33. The highest BCUT2D eigenvalue weighted by atomic mass is 19.4. The Morgan fingerprint density at radius 3 is 2.43 bits per heavy atom. The second-order valence-corrected chi connectivity index (χ2v) is 9.11. The summed E-state index contributed by atoms with van der Waals surface area (Å²) < 4.78 is 41.3. The van der Waals surface area contributed by atoms with Gasteiger partial charge in [-0.05, 0) is 29.3 Å². The van der Waals surface area contributed by atoms with E-state index in [1.807, 2.05) is 24.3 Å². The number of anilines is 1. The molecule has 37 heavy (non-hydrogen) atoms. The van der Waals surface area contributed by atoms with E-state index >= 15 is 0 Å². The fourth-order valence-electron chi connectivity index (χ4n) is 4.77. The van der Waals surface area contributed by atoms with E-state index in [4.69, 9.17) is 0 Å². The van der Waals surface area contributed by atoms with Crippen LogP contribution in [0.2, 0.25) is 0 Å². The van der Waals surface area contributed by atoms with Gasteiger partial charge in [-0.1, -0.05) is 42.5 Å². The van der Waals surface area contributed by atoms with Gasteiger partial charge in [0.05, 0.1) is 17.8 Å². The predicted octanol–water partition coefficient (Wildman–Crippen LogP) is 3.83. The highest BCUT2D eigenvalue weighted by Crippen LogP contribution is 2.35. The minimum Gasteiger partial charge on any atom is -0.297 e. The largest absolute Gasteiger partial charge is 0.416 e. The topological polar surface area (TPSA) is 68.4 Å². The van der Waals surface area contributed by atoms with Crippen molar-refractivity contribution < 1.29 is 18.0 Å². The summed E-state index contributed by atoms with van der Waals surface area (Å²) in [5, 5.41) is 9.61. The molecule has 3 aromatic rings. The van der Waals surface area contributed by atoms with Crippen molar-refractivity contribution in [3.05, 3.63) is 89.4 Å². The van der Waals surface area contributed by atoms with E-state index in [2.05, 4.69) is 26.9 Å². The predicted molar refractivity (Wildman–Crippen MR) is 132 cm³/mol. The number of amides is 1. The number of nitrogens with zero attached hydrogens (tertiary/aromatic N) is 6. The summed E-state index contributed by atoms with van der Waals surface area (Å²) in [6.07, 6.45) is -1.41. The third kappa shape index (κ3) is 5.28. The van der Waals surface area contributed by atoms with E-state index in [9.17, 15) is 23.2 Å². The molecule has 7 nitrogen and oxygen atoms in total. The summed E-state index contributed by atoms with van der Waals surface area (Å²) in [6, 6.07) is 17.2. The number of piperazine rings is 1. The number of aromatic nitrogens is 2. The van der Waals surface area contributed by atoms with Crippen molar-refractivity contribution in [1.82, 2.24) is 19.4 Å². The van der Waals surface area contributed by atoms with Gasteiger partial charge in [-0.15, -0.1) is 0 Å². The van der Waals surface area contributed by atoms with Crippen molar-refractivity contribution in [3.8, 4) is 6.07 Å². The van der Waals surface area contributed by atoms with Crippen molar-refractivity contribution in [2.24, 2.45) is 0 Å². The molecule has 2 aliphatic rings. The maximum Gasteiger partial charge on any atom is 0.416 e. The van der Waals surface area contributed by atoms with Gasteiger partial charge in [-0.25, -0.2) is 4.98 Å². The number of carbonyl (C=O) groups excluding carboxylic acids is 1. The summed E-state index contributed by atoms with van der Waals surface area (Å²) in [4.78, 5) is 23.4. The van der Waals surface area contributed by atoms with Gasteiger partial charge in [0.1, 0.15) is 12.4 Å². The van der Waals surface area contributed by atoms with E-state index in [-0.39, 0.29) is 30.5 Å². The standard InChI is InChI=1S/C27H25F3N6O/c28-27(29,30)22-8-4-7-21(15-22)24-9-10-35(26-23(16-31)32-19-36(24)26)25(37)18-34-13-11-33(12-14-34)17-20-5-2-1-3-6-20/h1-9,15,19H,10-14,17-18H2. The molecule has 0 N–H and O–H groups in total. The molecular weight excluding hydrogens is 481 g/mol. The number of fused-ring (bicyclic) bond motifs is 1. The van der Waals surface area contributed by atoms with Crippen LogP contribution in [-0.2, 0) is 17.5 Å². The Bertz CT molecular complexity index is 1350. The smallest absolute Gasteiger partial charge is 0.297 e. The highest BCUT2D eigenvalue weighted by Gasteiger charge is 2.33. The Labute approximate surface area is 212 Å². The zero-order valence-corrected chi connectivity index (χ0v) is 20.0. The second-order valence-electron chi connectivity index (χ2n) is 9.11. The fraction of sp³-hybridized carbons (Fsp3) is 0.296. The lowest BCUT2D eigenvalue weighted by molar-refractivity contribution is -0.137. The van der Waals surface area contributed by atoms with Crippen LogP contribution in [-0.4, -0.2) is 64.5 Å². The fourth-order valence-corrected chi connectivity index (χ4v) is 4.77. The van der Waals surface area contributed by atoms with Crippen molar-refractivity contribution in [1.29, 1.82) is 5.26 Å². The van der Waals surface area contributed by atoms with Gasteiger partial charge >= 0.3 is 6.18 Å². The Balaban J connectivity index is 1.29. The van der Waals surface area contributed by atoms with Gasteiger partial charge in [0.25, 0.3) is 0 Å². The lowest BCUT2D eigenvalue weighted by Crippen LogP contribution is -2.50. The zero-order chi connectivity index (χ0) is 26.0. The average molecular weight is 507 g/mol. The molecule has 0 unspecified atom stereocenters. The lowest BCUT2D eigenvalue weighted by Gasteiger charge is -2.36. The van der Waals surface area contributed by atoms with Crippen LogP contribution in [0.3, 0.4) is 0 Å². The molecule has 190 valence electrons. The molecule has 1 amide bonds. The summed E-state index contributed by atoms with van der Waals surface area (Å²) >= 11 is 0. The van der Waals surface area contributed by atoms with Crippen LogP contribution in [0.1, 0.15) is 22.4 Å². The number of halogens is 3. The SMILES string of the molecule is N#Cc1ncn2c1N(C(=O)CN1CCN(Cc3ccccc3)CC1)CC=C2c1cccc(C(F)(F)F)c1. The minimum absolute atomic E-state index is 0.0543. The van der Waals surface area contributed by atoms with E-state index in [1.165, 1.54) is 27.4 Å². The molecule has 1 fully saturated rings. The molecule has 0 saturated carbocycles. The molecule has 0 spiro atoms. The molecule has 1 aromatic heterocycles. The Hall–Kier alpha value is -3.94. The number of benzene rings is 2. The van der Waals surface area contributed by atoms with E-state index in [1.54, 1.807) is 12.1 Å². The Kier molecular flexibility index (Phi) is 6.82. The van der Waals surface area contributed by atoms with Crippen molar-refractivity contribution in [2.45, 2.75) is 12.7 Å². The van der Waals surface area contributed by atoms with Gasteiger partial charge in [0.15, 0.2) is 11.5 Å². The molecule has 2 aliphatic heterocycles. The summed E-state index contributed by atoms with van der Waals surface area (Å²) in [5.74, 6) is 0.0965. The first-order valence-electron chi connectivity index (χ1n) is 12.0. The van der Waals surface area contributed by atoms with Crippen LogP contribution >= 0.6 is 0 Å². The Morgan fingerprint density at radius 2 is 1.73 bits per heavy atom. The third-order valence-electron chi connectivity index (χ3n) is 6.69. The van der Waals surface area contributed by atoms with Crippen LogP contribution in [0.4, 0.5) is 19.0 Å². The van der Waals surface area contributed by atoms with Gasteiger partial charge in [-0.2, -0.15) is 18.4 Å². The van der Waals surface area contributed by atoms with Gasteiger partial charge in [0.2, 0.25) is 5.91 Å². The van der Waals surface area contributed by atoms with Crippen LogP contribution in [0.15, 0.2) is 67.0 Å². The molecule has 0 aliphatic carbocycles. The summed E-state index contributed by atoms with van der Waals surface area (Å²) in [5.41, 5.74) is 1.32. The number of nitriles is 1. The second kappa shape index (κ2) is 10.2. The maximum absolute atomic E-state index is 13.3. The molecule has 3 heterocycles. The number of hydrogen-bond donors (Lipinski definition) is 0. The molecule has 5 rings (SSSR count). The number of imidazole rings is 1. The van der Waals surface area contributed by atoms with Gasteiger partial charge in [0, 0.05) is 39.3 Å². The molecule has 0 atom stereocenters. The first kappa shape index (κ1) is 24.7. The number of rotatable bonds is 5. The quantitative estimate of drug-likeness (QED) is 0.526. The van der Waals surface area contributed by atoms with Crippen molar-refractivity contribution in [2.75, 3.05) is 44.2 Å². The number of carbonyl (C=O) groups is 1. The third-order valence-corrected chi connectivity index (χ3v) is 6.69. The zero-order valence-electron chi connectivity index (χ0n) is 20.0. The van der Waals surface area contributed by atoms with Crippen LogP contribution in [0.5, 0.6) is 0 Å². The average Bonchev–Trinajstić information content (AvgIpc) is 3.34. The Morgan fingerprint density at radius 1 is 1.00 bits per heavy atom. The van der Waals surface area contributed by atoms with Crippen LogP contribution in [0.25, 0.3) is 5.70 Å². The molecular formula is C27H25F3N6O. The molecule has 0 radical (unpaired) electrons. The monoisotopic (exact) mass is 506 g/mol. The van der Waals surface area contributed by atoms with Gasteiger partial charge in [-0.3, -0.25) is 24.1 Å². The van der Waals surface area contributed by atoms with Gasteiger partial charge < -0.3 is 0 Å². The molecule has 10 heteroatoms. The molecule has 1 saturated heterocycles. The number of hydrogen-bond acceptors (Lipinski definition) is 5. The summed E-state index contributed by atoms with van der Waals surface area (Å²) in [7, 11) is 0. The minimum atomic E-state index is -4.48. The first-order chi connectivity index (χ1) is 17.8. The first-order valence-corrected chi connectivity index (χ1v) is 12.0. The molecule has 0 bridgehead atoms. The van der Waals surface area contributed by atoms with E-state index < -0.39 is 11.7 Å². The van der Waals surface area contributed by atoms with E-state index in [0.717, 1.165) is 44.9 Å². The lowest BCUT2D eigenvalue weighted by atomic mass is 10.1. The highest BCUT2D eigenvalue weighted by molar-refractivity contribution is 5.97. The van der Waals surface area contributed by atoms with Crippen molar-refractivity contribution >= 4 is 17.4 Å².